The van der Waals surface area contributed by atoms with E-state index in [1.165, 1.54) is 5.01 Å². The lowest BCUT2D eigenvalue weighted by molar-refractivity contribution is -0.140. The molecule has 4 aliphatic rings. The van der Waals surface area contributed by atoms with E-state index >= 15 is 0 Å². The Balaban J connectivity index is 1.57. The van der Waals surface area contributed by atoms with Crippen molar-refractivity contribution < 1.29 is 9.59 Å². The molecule has 2 bridgehead atoms. The molecule has 21 heavy (non-hydrogen) atoms. The van der Waals surface area contributed by atoms with Crippen LogP contribution in [0.2, 0.25) is 0 Å². The molecule has 1 N–H and O–H groups in total. The molecule has 0 aromatic heterocycles. The maximum absolute atomic E-state index is 12.9. The minimum atomic E-state index is -0.170. The summed E-state index contributed by atoms with van der Waals surface area (Å²) in [6.45, 7) is 0. The summed E-state index contributed by atoms with van der Waals surface area (Å²) < 4.78 is 0. The molecule has 1 saturated heterocycles. The molecule has 2 amide bonds. The largest absolute Gasteiger partial charge is 0.273 e. The van der Waals surface area contributed by atoms with Crippen LogP contribution in [0.1, 0.15) is 12.8 Å². The number of amides is 2. The van der Waals surface area contributed by atoms with Gasteiger partial charge in [-0.25, -0.2) is 5.01 Å². The molecule has 4 heteroatoms. The van der Waals surface area contributed by atoms with Gasteiger partial charge in [0, 0.05) is 0 Å². The van der Waals surface area contributed by atoms with E-state index in [-0.39, 0.29) is 40.9 Å². The van der Waals surface area contributed by atoms with Gasteiger partial charge in [-0.05, 0) is 42.2 Å². The lowest BCUT2D eigenvalue weighted by Gasteiger charge is -2.37. The molecule has 0 radical (unpaired) electrons. The van der Waals surface area contributed by atoms with E-state index in [4.69, 9.17) is 0 Å². The van der Waals surface area contributed by atoms with Crippen molar-refractivity contribution in [2.24, 2.45) is 29.1 Å². The lowest BCUT2D eigenvalue weighted by Crippen LogP contribution is -2.60. The molecule has 106 valence electrons. The minimum Gasteiger partial charge on any atom is -0.273 e. The molecule has 0 unspecified atom stereocenters. The van der Waals surface area contributed by atoms with Crippen LogP contribution in [0.5, 0.6) is 0 Å². The summed E-state index contributed by atoms with van der Waals surface area (Å²) in [5, 5.41) is 1.45. The third-order valence-electron chi connectivity index (χ3n) is 5.89. The highest BCUT2D eigenvalue weighted by Gasteiger charge is 2.71. The number of benzene rings is 1. The summed E-state index contributed by atoms with van der Waals surface area (Å²) in [5.41, 5.74) is 3.79. The summed E-state index contributed by atoms with van der Waals surface area (Å²) in [6.07, 6.45) is 6.70. The lowest BCUT2D eigenvalue weighted by atomic mass is 9.80. The number of hydrogen-bond donors (Lipinski definition) is 1. The van der Waals surface area contributed by atoms with Crippen LogP contribution in [-0.4, -0.2) is 11.8 Å². The zero-order valence-corrected chi connectivity index (χ0v) is 11.5. The Labute approximate surface area is 122 Å². The molecule has 3 fully saturated rings. The second-order valence-electron chi connectivity index (χ2n) is 6.71. The number of rotatable bonds is 1. The number of carbonyl (C=O) groups is 2. The zero-order chi connectivity index (χ0) is 14.2. The van der Waals surface area contributed by atoms with Crippen molar-refractivity contribution in [2.75, 3.05) is 5.01 Å². The molecule has 2 saturated carbocycles. The number of nitrogens with zero attached hydrogens (tertiary/aromatic N) is 1. The first kappa shape index (κ1) is 11.5. The van der Waals surface area contributed by atoms with Crippen molar-refractivity contribution in [3.63, 3.8) is 0 Å². The number of para-hydroxylation sites is 1. The number of hydrogen-bond acceptors (Lipinski definition) is 2. The molecule has 1 aromatic carbocycles. The van der Waals surface area contributed by atoms with Gasteiger partial charge in [-0.3, -0.25) is 15.0 Å². The van der Waals surface area contributed by atoms with Gasteiger partial charge < -0.3 is 0 Å². The quantitative estimate of drug-likeness (QED) is 0.799. The Kier molecular flexibility index (Phi) is 1.96. The monoisotopic (exact) mass is 280 g/mol. The first-order chi connectivity index (χ1) is 10.2. The van der Waals surface area contributed by atoms with E-state index in [0.29, 0.717) is 0 Å². The van der Waals surface area contributed by atoms with E-state index in [2.05, 4.69) is 17.6 Å². The SMILES string of the molecule is O=C1NN(c2ccccc2)C(=O)[C@H]2[C@H]1[C@H]1C=C[C@H]2C12CC2. The van der Waals surface area contributed by atoms with Gasteiger partial charge in [0.2, 0.25) is 11.8 Å². The Morgan fingerprint density at radius 3 is 2.33 bits per heavy atom. The summed E-state index contributed by atoms with van der Waals surface area (Å²) in [5.74, 6) is 0.263. The van der Waals surface area contributed by atoms with Gasteiger partial charge in [-0.15, -0.1) is 0 Å². The number of allylic oxidation sites excluding steroid dienone is 2. The molecule has 1 aromatic rings. The fraction of sp³-hybridized carbons (Fsp3) is 0.412. The summed E-state index contributed by atoms with van der Waals surface area (Å²) >= 11 is 0. The van der Waals surface area contributed by atoms with Gasteiger partial charge in [-0.2, -0.15) is 0 Å². The standard InChI is InChI=1S/C17H16N2O2/c20-15-13-11-6-7-12(17(11)8-9-17)14(13)16(21)19(18-15)10-4-2-1-3-5-10/h1-7,11-14H,8-9H2,(H,18,20)/t11-,12-,13-,14-/m1/s1. The summed E-state index contributed by atoms with van der Waals surface area (Å²) in [4.78, 5) is 25.5. The maximum atomic E-state index is 12.9. The van der Waals surface area contributed by atoms with Crippen molar-refractivity contribution in [1.82, 2.24) is 5.43 Å². The molecule has 1 spiro atoms. The van der Waals surface area contributed by atoms with Gasteiger partial charge >= 0.3 is 0 Å². The van der Waals surface area contributed by atoms with Crippen molar-refractivity contribution in [3.8, 4) is 0 Å². The van der Waals surface area contributed by atoms with Crippen molar-refractivity contribution >= 4 is 17.5 Å². The van der Waals surface area contributed by atoms with Gasteiger partial charge in [0.1, 0.15) is 0 Å². The second kappa shape index (κ2) is 3.56. The van der Waals surface area contributed by atoms with Crippen LogP contribution < -0.4 is 10.4 Å². The Bertz CT molecular complexity index is 677. The van der Waals surface area contributed by atoms with Gasteiger partial charge in [0.15, 0.2) is 0 Å². The number of hydrazine groups is 1. The molecule has 1 aliphatic heterocycles. The molecule has 1 heterocycles. The normalized spacial score (nSPS) is 37.8. The third-order valence-corrected chi connectivity index (χ3v) is 5.89. The van der Waals surface area contributed by atoms with Crippen LogP contribution >= 0.6 is 0 Å². The number of fused-ring (bicyclic) bond motifs is 3. The summed E-state index contributed by atoms with van der Waals surface area (Å²) in [7, 11) is 0. The van der Waals surface area contributed by atoms with E-state index in [1.54, 1.807) is 0 Å². The van der Waals surface area contributed by atoms with Crippen LogP contribution in [0.4, 0.5) is 5.69 Å². The Morgan fingerprint density at radius 2 is 1.67 bits per heavy atom. The van der Waals surface area contributed by atoms with Crippen LogP contribution in [-0.2, 0) is 9.59 Å². The molecular weight excluding hydrogens is 264 g/mol. The Morgan fingerprint density at radius 1 is 1.00 bits per heavy atom. The fourth-order valence-corrected chi connectivity index (χ4v) is 4.85. The highest BCUT2D eigenvalue weighted by molar-refractivity contribution is 6.05. The molecule has 5 rings (SSSR count). The van der Waals surface area contributed by atoms with Gasteiger partial charge in [0.05, 0.1) is 17.5 Å². The van der Waals surface area contributed by atoms with Gasteiger partial charge in [-0.1, -0.05) is 30.4 Å². The highest BCUT2D eigenvalue weighted by Crippen LogP contribution is 2.72. The smallest absolute Gasteiger partial charge is 0.250 e. The average Bonchev–Trinajstić information content (AvgIpc) is 3.17. The zero-order valence-electron chi connectivity index (χ0n) is 11.5. The van der Waals surface area contributed by atoms with E-state index in [9.17, 15) is 9.59 Å². The molecule has 4 nitrogen and oxygen atoms in total. The topological polar surface area (TPSA) is 49.4 Å². The van der Waals surface area contributed by atoms with Crippen LogP contribution in [0.15, 0.2) is 42.5 Å². The highest BCUT2D eigenvalue weighted by atomic mass is 16.2. The minimum absolute atomic E-state index is 0.00609. The second-order valence-corrected chi connectivity index (χ2v) is 6.71. The third kappa shape index (κ3) is 1.26. The molecule has 3 aliphatic carbocycles. The van der Waals surface area contributed by atoms with Crippen molar-refractivity contribution in [3.05, 3.63) is 42.5 Å². The van der Waals surface area contributed by atoms with E-state index in [0.717, 1.165) is 18.5 Å². The predicted molar refractivity (Wildman–Crippen MR) is 76.8 cm³/mol. The van der Waals surface area contributed by atoms with Crippen LogP contribution in [0.25, 0.3) is 0 Å². The van der Waals surface area contributed by atoms with Crippen molar-refractivity contribution in [2.45, 2.75) is 12.8 Å². The van der Waals surface area contributed by atoms with Gasteiger partial charge in [0.25, 0.3) is 0 Å². The summed E-state index contributed by atoms with van der Waals surface area (Å²) in [6, 6.07) is 9.37. The van der Waals surface area contributed by atoms with Crippen LogP contribution in [0, 0.1) is 29.1 Å². The number of nitrogens with one attached hydrogen (secondary N) is 1. The first-order valence-electron chi connectivity index (χ1n) is 7.60. The maximum Gasteiger partial charge on any atom is 0.250 e. The van der Waals surface area contributed by atoms with Crippen LogP contribution in [0.3, 0.4) is 0 Å². The number of carbonyl (C=O) groups excluding carboxylic acids is 2. The average molecular weight is 280 g/mol. The first-order valence-corrected chi connectivity index (χ1v) is 7.60. The fourth-order valence-electron chi connectivity index (χ4n) is 4.85. The van der Waals surface area contributed by atoms with Crippen molar-refractivity contribution in [1.29, 1.82) is 0 Å². The number of anilines is 1. The predicted octanol–water partition coefficient (Wildman–Crippen LogP) is 1.89. The molecular formula is C17H16N2O2. The van der Waals surface area contributed by atoms with E-state index < -0.39 is 0 Å². The Hall–Kier alpha value is -2.10. The molecule has 4 atom stereocenters. The van der Waals surface area contributed by atoms with E-state index in [1.807, 2.05) is 30.3 Å².